The summed E-state index contributed by atoms with van der Waals surface area (Å²) in [6.45, 7) is 3.19. The standard InChI is InChI=1S/C12H20BrN3S/c1-3-5-16-12(10(13)7-15-16)11(14-2)9-4-6-17-8-9/h7,9,11,14H,3-6,8H2,1-2H3. The van der Waals surface area contributed by atoms with E-state index in [1.165, 1.54) is 23.6 Å². The predicted octanol–water partition coefficient (Wildman–Crippen LogP) is 3.07. The van der Waals surface area contributed by atoms with Crippen molar-refractivity contribution in [1.29, 1.82) is 0 Å². The van der Waals surface area contributed by atoms with Crippen LogP contribution in [-0.2, 0) is 6.54 Å². The van der Waals surface area contributed by atoms with Crippen LogP contribution in [0, 0.1) is 5.92 Å². The van der Waals surface area contributed by atoms with E-state index in [0.29, 0.717) is 6.04 Å². The third-order valence-electron chi connectivity index (χ3n) is 3.31. The third-order valence-corrected chi connectivity index (χ3v) is 5.11. The minimum atomic E-state index is 0.424. The Hall–Kier alpha value is -0.0000000000000000555. The molecule has 17 heavy (non-hydrogen) atoms. The number of aromatic nitrogens is 2. The quantitative estimate of drug-likeness (QED) is 0.905. The summed E-state index contributed by atoms with van der Waals surface area (Å²) in [5.41, 5.74) is 1.32. The van der Waals surface area contributed by atoms with Gasteiger partial charge in [-0.25, -0.2) is 0 Å². The Kier molecular flexibility index (Phi) is 4.94. The van der Waals surface area contributed by atoms with E-state index in [9.17, 15) is 0 Å². The van der Waals surface area contributed by atoms with Crippen LogP contribution in [0.3, 0.4) is 0 Å². The van der Waals surface area contributed by atoms with E-state index in [-0.39, 0.29) is 0 Å². The summed E-state index contributed by atoms with van der Waals surface area (Å²) in [6, 6.07) is 0.424. The van der Waals surface area contributed by atoms with Gasteiger partial charge in [-0.1, -0.05) is 6.92 Å². The number of rotatable bonds is 5. The van der Waals surface area contributed by atoms with Gasteiger partial charge in [0.1, 0.15) is 0 Å². The molecule has 1 N–H and O–H groups in total. The third kappa shape index (κ3) is 2.88. The second-order valence-electron chi connectivity index (χ2n) is 4.49. The molecule has 1 aliphatic rings. The van der Waals surface area contributed by atoms with Gasteiger partial charge in [-0.05, 0) is 53.2 Å². The van der Waals surface area contributed by atoms with Crippen LogP contribution >= 0.6 is 27.7 Å². The van der Waals surface area contributed by atoms with Crippen LogP contribution in [0.4, 0.5) is 0 Å². The summed E-state index contributed by atoms with van der Waals surface area (Å²) >= 11 is 5.71. The molecule has 0 saturated carbocycles. The topological polar surface area (TPSA) is 29.9 Å². The normalized spacial score (nSPS) is 21.9. The van der Waals surface area contributed by atoms with Crippen molar-refractivity contribution in [3.05, 3.63) is 16.4 Å². The van der Waals surface area contributed by atoms with Gasteiger partial charge >= 0.3 is 0 Å². The van der Waals surface area contributed by atoms with Crippen molar-refractivity contribution in [3.63, 3.8) is 0 Å². The summed E-state index contributed by atoms with van der Waals surface area (Å²) in [7, 11) is 2.06. The van der Waals surface area contributed by atoms with Crippen LogP contribution in [-0.4, -0.2) is 28.3 Å². The highest BCUT2D eigenvalue weighted by molar-refractivity contribution is 9.10. The first-order chi connectivity index (χ1) is 8.27. The number of halogens is 1. The molecule has 2 unspecified atom stereocenters. The molecule has 0 bridgehead atoms. The number of nitrogens with one attached hydrogen (secondary N) is 1. The molecule has 96 valence electrons. The lowest BCUT2D eigenvalue weighted by Crippen LogP contribution is -2.28. The average molecular weight is 318 g/mol. The lowest BCUT2D eigenvalue weighted by molar-refractivity contribution is 0.386. The molecule has 1 saturated heterocycles. The first kappa shape index (κ1) is 13.4. The molecule has 1 fully saturated rings. The highest BCUT2D eigenvalue weighted by atomic mass is 79.9. The fourth-order valence-electron chi connectivity index (χ4n) is 2.48. The van der Waals surface area contributed by atoms with Crippen LogP contribution in [0.15, 0.2) is 10.7 Å². The largest absolute Gasteiger partial charge is 0.311 e. The minimum Gasteiger partial charge on any atom is -0.311 e. The van der Waals surface area contributed by atoms with Gasteiger partial charge in [-0.2, -0.15) is 16.9 Å². The molecule has 0 spiro atoms. The fraction of sp³-hybridized carbons (Fsp3) is 0.750. The first-order valence-electron chi connectivity index (χ1n) is 6.24. The van der Waals surface area contributed by atoms with Gasteiger partial charge in [-0.3, -0.25) is 4.68 Å². The maximum absolute atomic E-state index is 4.47. The average Bonchev–Trinajstić information content (AvgIpc) is 2.94. The van der Waals surface area contributed by atoms with Gasteiger partial charge in [0.2, 0.25) is 0 Å². The van der Waals surface area contributed by atoms with Gasteiger partial charge < -0.3 is 5.32 Å². The monoisotopic (exact) mass is 317 g/mol. The number of nitrogens with zero attached hydrogens (tertiary/aromatic N) is 2. The van der Waals surface area contributed by atoms with Crippen LogP contribution < -0.4 is 5.32 Å². The summed E-state index contributed by atoms with van der Waals surface area (Å²) < 4.78 is 3.29. The first-order valence-corrected chi connectivity index (χ1v) is 8.19. The van der Waals surface area contributed by atoms with Gasteiger partial charge in [0.15, 0.2) is 0 Å². The molecule has 1 aliphatic heterocycles. The maximum Gasteiger partial charge on any atom is 0.0698 e. The highest BCUT2D eigenvalue weighted by Crippen LogP contribution is 2.36. The van der Waals surface area contributed by atoms with E-state index < -0.39 is 0 Å². The summed E-state index contributed by atoms with van der Waals surface area (Å²) in [6.07, 6.45) is 4.36. The van der Waals surface area contributed by atoms with E-state index in [4.69, 9.17) is 0 Å². The molecule has 0 aliphatic carbocycles. The fourth-order valence-corrected chi connectivity index (χ4v) is 4.32. The zero-order valence-electron chi connectivity index (χ0n) is 10.4. The Balaban J connectivity index is 2.25. The highest BCUT2D eigenvalue weighted by Gasteiger charge is 2.29. The predicted molar refractivity (Wildman–Crippen MR) is 77.5 cm³/mol. The van der Waals surface area contributed by atoms with Crippen molar-refractivity contribution >= 4 is 27.7 Å². The molecule has 2 rings (SSSR count). The number of hydrogen-bond acceptors (Lipinski definition) is 3. The van der Waals surface area contributed by atoms with E-state index in [0.717, 1.165) is 23.4 Å². The van der Waals surface area contributed by atoms with E-state index in [2.05, 4.69) is 56.8 Å². The Morgan fingerprint density at radius 1 is 1.71 bits per heavy atom. The molecule has 2 atom stereocenters. The van der Waals surface area contributed by atoms with E-state index in [1.807, 2.05) is 6.20 Å². The van der Waals surface area contributed by atoms with Crippen molar-refractivity contribution in [1.82, 2.24) is 15.1 Å². The van der Waals surface area contributed by atoms with Gasteiger partial charge in [0.05, 0.1) is 22.4 Å². The lowest BCUT2D eigenvalue weighted by atomic mass is 9.96. The zero-order valence-corrected chi connectivity index (χ0v) is 12.9. The second-order valence-corrected chi connectivity index (χ2v) is 6.50. The molecule has 0 aromatic carbocycles. The van der Waals surface area contributed by atoms with Gasteiger partial charge in [-0.15, -0.1) is 0 Å². The Morgan fingerprint density at radius 2 is 2.53 bits per heavy atom. The van der Waals surface area contributed by atoms with Crippen molar-refractivity contribution in [3.8, 4) is 0 Å². The Bertz CT molecular complexity index is 361. The molecule has 0 radical (unpaired) electrons. The Labute approximate surface area is 116 Å². The van der Waals surface area contributed by atoms with Crippen LogP contribution in [0.5, 0.6) is 0 Å². The van der Waals surface area contributed by atoms with Crippen LogP contribution in [0.2, 0.25) is 0 Å². The smallest absolute Gasteiger partial charge is 0.0698 e. The molecule has 5 heteroatoms. The van der Waals surface area contributed by atoms with E-state index >= 15 is 0 Å². The summed E-state index contributed by atoms with van der Waals surface area (Å²) in [5.74, 6) is 3.28. The van der Waals surface area contributed by atoms with Crippen molar-refractivity contribution in [2.24, 2.45) is 5.92 Å². The van der Waals surface area contributed by atoms with Crippen LogP contribution in [0.1, 0.15) is 31.5 Å². The van der Waals surface area contributed by atoms with Crippen molar-refractivity contribution in [2.75, 3.05) is 18.6 Å². The van der Waals surface area contributed by atoms with Crippen LogP contribution in [0.25, 0.3) is 0 Å². The summed E-state index contributed by atoms with van der Waals surface area (Å²) in [5, 5.41) is 7.95. The number of thioether (sulfide) groups is 1. The van der Waals surface area contributed by atoms with E-state index in [1.54, 1.807) is 0 Å². The number of aryl methyl sites for hydroxylation is 1. The lowest BCUT2D eigenvalue weighted by Gasteiger charge is -2.24. The zero-order chi connectivity index (χ0) is 12.3. The Morgan fingerprint density at radius 3 is 3.12 bits per heavy atom. The molecule has 1 aromatic rings. The molecule has 1 aromatic heterocycles. The molecular formula is C12H20BrN3S. The van der Waals surface area contributed by atoms with Gasteiger partial charge in [0, 0.05) is 6.54 Å². The maximum atomic E-state index is 4.47. The van der Waals surface area contributed by atoms with Crippen molar-refractivity contribution in [2.45, 2.75) is 32.4 Å². The van der Waals surface area contributed by atoms with Gasteiger partial charge in [0.25, 0.3) is 0 Å². The minimum absolute atomic E-state index is 0.424. The summed E-state index contributed by atoms with van der Waals surface area (Å²) in [4.78, 5) is 0. The molecule has 0 amide bonds. The van der Waals surface area contributed by atoms with Crippen molar-refractivity contribution < 1.29 is 0 Å². The SMILES string of the molecule is CCCn1ncc(Br)c1C(NC)C1CCSC1. The molecular weight excluding hydrogens is 298 g/mol. The second kappa shape index (κ2) is 6.25. The number of hydrogen-bond donors (Lipinski definition) is 1. The molecule has 3 nitrogen and oxygen atoms in total. The molecule has 2 heterocycles.